The number of Topliss-reactive ketones (excluding diaryl/α,β-unsaturated/α-hetero) is 1. The molecule has 2 nitrogen and oxygen atoms in total. The first kappa shape index (κ1) is 11.7. The van der Waals surface area contributed by atoms with Crippen LogP contribution in [0.25, 0.3) is 0 Å². The SMILES string of the molecule is CCCC(N)C(=O)C1CCCCCC1. The molecule has 1 rings (SSSR count). The largest absolute Gasteiger partial charge is 0.321 e. The summed E-state index contributed by atoms with van der Waals surface area (Å²) < 4.78 is 0. The van der Waals surface area contributed by atoms with Crippen LogP contribution in [0.5, 0.6) is 0 Å². The van der Waals surface area contributed by atoms with Gasteiger partial charge in [-0.05, 0) is 19.3 Å². The summed E-state index contributed by atoms with van der Waals surface area (Å²) in [5, 5.41) is 0. The summed E-state index contributed by atoms with van der Waals surface area (Å²) in [6.07, 6.45) is 9.06. The summed E-state index contributed by atoms with van der Waals surface area (Å²) in [4.78, 5) is 11.9. The van der Waals surface area contributed by atoms with Crippen molar-refractivity contribution in [1.29, 1.82) is 0 Å². The van der Waals surface area contributed by atoms with E-state index in [9.17, 15) is 4.79 Å². The molecular weight excluding hydrogens is 174 g/mol. The standard InChI is InChI=1S/C12H23NO/c1-2-7-11(13)12(14)10-8-5-3-4-6-9-10/h10-11H,2-9,13H2,1H3. The van der Waals surface area contributed by atoms with E-state index in [0.717, 1.165) is 25.7 Å². The van der Waals surface area contributed by atoms with E-state index in [1.807, 2.05) is 0 Å². The second kappa shape index (κ2) is 6.18. The molecule has 1 fully saturated rings. The number of rotatable bonds is 4. The molecule has 1 saturated carbocycles. The molecule has 1 aliphatic rings. The lowest BCUT2D eigenvalue weighted by Gasteiger charge is -2.17. The third-order valence-corrected chi connectivity index (χ3v) is 3.22. The van der Waals surface area contributed by atoms with Crippen LogP contribution in [0.2, 0.25) is 0 Å². The quantitative estimate of drug-likeness (QED) is 0.704. The summed E-state index contributed by atoms with van der Waals surface area (Å²) in [5.74, 6) is 0.604. The van der Waals surface area contributed by atoms with Gasteiger partial charge >= 0.3 is 0 Å². The van der Waals surface area contributed by atoms with Gasteiger partial charge < -0.3 is 5.73 Å². The van der Waals surface area contributed by atoms with E-state index in [1.54, 1.807) is 0 Å². The zero-order chi connectivity index (χ0) is 10.4. The molecule has 0 aromatic carbocycles. The summed E-state index contributed by atoms with van der Waals surface area (Å²) in [5.41, 5.74) is 5.86. The van der Waals surface area contributed by atoms with Gasteiger partial charge in [0.25, 0.3) is 0 Å². The lowest BCUT2D eigenvalue weighted by atomic mass is 9.90. The highest BCUT2D eigenvalue weighted by molar-refractivity contribution is 5.86. The molecule has 1 aliphatic carbocycles. The molecule has 1 atom stereocenters. The van der Waals surface area contributed by atoms with Crippen LogP contribution in [-0.4, -0.2) is 11.8 Å². The molecule has 2 heteroatoms. The van der Waals surface area contributed by atoms with Crippen molar-refractivity contribution in [3.05, 3.63) is 0 Å². The third kappa shape index (κ3) is 3.41. The number of nitrogens with two attached hydrogens (primary N) is 1. The van der Waals surface area contributed by atoms with Crippen LogP contribution >= 0.6 is 0 Å². The average molecular weight is 197 g/mol. The van der Waals surface area contributed by atoms with Gasteiger partial charge in [0.15, 0.2) is 5.78 Å². The van der Waals surface area contributed by atoms with Crippen LogP contribution in [0.4, 0.5) is 0 Å². The smallest absolute Gasteiger partial charge is 0.152 e. The van der Waals surface area contributed by atoms with Gasteiger partial charge in [-0.2, -0.15) is 0 Å². The Hall–Kier alpha value is -0.370. The fraction of sp³-hybridized carbons (Fsp3) is 0.917. The summed E-state index contributed by atoms with van der Waals surface area (Å²) in [7, 11) is 0. The topological polar surface area (TPSA) is 43.1 Å². The van der Waals surface area contributed by atoms with Crippen molar-refractivity contribution in [2.75, 3.05) is 0 Å². The molecule has 0 spiro atoms. The van der Waals surface area contributed by atoms with E-state index < -0.39 is 0 Å². The van der Waals surface area contributed by atoms with Gasteiger partial charge in [-0.3, -0.25) is 4.79 Å². The van der Waals surface area contributed by atoms with Gasteiger partial charge in [0, 0.05) is 5.92 Å². The molecule has 0 radical (unpaired) electrons. The van der Waals surface area contributed by atoms with Crippen LogP contribution in [0, 0.1) is 5.92 Å². The van der Waals surface area contributed by atoms with E-state index in [4.69, 9.17) is 5.73 Å². The molecule has 1 unspecified atom stereocenters. The maximum absolute atomic E-state index is 11.9. The molecule has 82 valence electrons. The highest BCUT2D eigenvalue weighted by Crippen LogP contribution is 2.24. The molecule has 0 heterocycles. The molecule has 14 heavy (non-hydrogen) atoms. The molecular formula is C12H23NO. The number of carbonyl (C=O) groups excluding carboxylic acids is 1. The van der Waals surface area contributed by atoms with Crippen molar-refractivity contribution in [3.8, 4) is 0 Å². The second-order valence-corrected chi connectivity index (χ2v) is 4.49. The normalized spacial score (nSPS) is 21.6. The highest BCUT2D eigenvalue weighted by Gasteiger charge is 2.24. The van der Waals surface area contributed by atoms with Crippen molar-refractivity contribution in [2.45, 2.75) is 64.3 Å². The Morgan fingerprint density at radius 3 is 2.36 bits per heavy atom. The Labute approximate surface area is 87.2 Å². The van der Waals surface area contributed by atoms with Gasteiger partial charge in [-0.1, -0.05) is 39.0 Å². The first-order chi connectivity index (χ1) is 6.75. The molecule has 0 aliphatic heterocycles. The predicted octanol–water partition coefficient (Wildman–Crippen LogP) is 2.65. The molecule has 2 N–H and O–H groups in total. The molecule has 0 saturated heterocycles. The second-order valence-electron chi connectivity index (χ2n) is 4.49. The van der Waals surface area contributed by atoms with Crippen molar-refractivity contribution < 1.29 is 4.79 Å². The Kier molecular flexibility index (Phi) is 5.16. The first-order valence-corrected chi connectivity index (χ1v) is 6.05. The third-order valence-electron chi connectivity index (χ3n) is 3.22. The fourth-order valence-corrected chi connectivity index (χ4v) is 2.32. The minimum Gasteiger partial charge on any atom is -0.321 e. The van der Waals surface area contributed by atoms with E-state index in [2.05, 4.69) is 6.92 Å². The van der Waals surface area contributed by atoms with Crippen LogP contribution in [0.3, 0.4) is 0 Å². The lowest BCUT2D eigenvalue weighted by molar-refractivity contribution is -0.124. The van der Waals surface area contributed by atoms with Crippen LogP contribution in [0.1, 0.15) is 58.3 Å². The van der Waals surface area contributed by atoms with Crippen molar-refractivity contribution in [2.24, 2.45) is 11.7 Å². The van der Waals surface area contributed by atoms with Gasteiger partial charge in [0.05, 0.1) is 6.04 Å². The van der Waals surface area contributed by atoms with Crippen LogP contribution < -0.4 is 5.73 Å². The van der Waals surface area contributed by atoms with Gasteiger partial charge in [0.1, 0.15) is 0 Å². The molecule has 0 aromatic heterocycles. The maximum Gasteiger partial charge on any atom is 0.152 e. The van der Waals surface area contributed by atoms with Crippen molar-refractivity contribution in [1.82, 2.24) is 0 Å². The van der Waals surface area contributed by atoms with Crippen LogP contribution in [-0.2, 0) is 4.79 Å². The fourth-order valence-electron chi connectivity index (χ4n) is 2.32. The lowest BCUT2D eigenvalue weighted by Crippen LogP contribution is -2.35. The minimum absolute atomic E-state index is 0.192. The van der Waals surface area contributed by atoms with E-state index in [1.165, 1.54) is 25.7 Å². The highest BCUT2D eigenvalue weighted by atomic mass is 16.1. The number of hydrogen-bond acceptors (Lipinski definition) is 2. The Balaban J connectivity index is 2.40. The Morgan fingerprint density at radius 2 is 1.86 bits per heavy atom. The number of carbonyl (C=O) groups is 1. The molecule has 0 amide bonds. The maximum atomic E-state index is 11.9. The van der Waals surface area contributed by atoms with E-state index in [-0.39, 0.29) is 12.0 Å². The molecule has 0 aromatic rings. The Bertz CT molecular complexity index is 171. The number of hydrogen-bond donors (Lipinski definition) is 1. The van der Waals surface area contributed by atoms with Gasteiger partial charge in [-0.25, -0.2) is 0 Å². The van der Waals surface area contributed by atoms with Gasteiger partial charge in [-0.15, -0.1) is 0 Å². The molecule has 0 bridgehead atoms. The minimum atomic E-state index is -0.192. The van der Waals surface area contributed by atoms with Gasteiger partial charge in [0.2, 0.25) is 0 Å². The van der Waals surface area contributed by atoms with Crippen molar-refractivity contribution >= 4 is 5.78 Å². The number of ketones is 1. The zero-order valence-electron chi connectivity index (χ0n) is 9.30. The zero-order valence-corrected chi connectivity index (χ0v) is 9.30. The van der Waals surface area contributed by atoms with Crippen LogP contribution in [0.15, 0.2) is 0 Å². The summed E-state index contributed by atoms with van der Waals surface area (Å²) in [6, 6.07) is -0.192. The first-order valence-electron chi connectivity index (χ1n) is 6.05. The van der Waals surface area contributed by atoms with Crippen molar-refractivity contribution in [3.63, 3.8) is 0 Å². The summed E-state index contributed by atoms with van der Waals surface area (Å²) in [6.45, 7) is 2.08. The van der Waals surface area contributed by atoms with E-state index in [0.29, 0.717) is 5.78 Å². The average Bonchev–Trinajstić information content (AvgIpc) is 2.45. The summed E-state index contributed by atoms with van der Waals surface area (Å²) >= 11 is 0. The Morgan fingerprint density at radius 1 is 1.29 bits per heavy atom. The monoisotopic (exact) mass is 197 g/mol. The predicted molar refractivity (Wildman–Crippen MR) is 59.1 cm³/mol. The van der Waals surface area contributed by atoms with E-state index >= 15 is 0 Å².